The Balaban J connectivity index is 1.56. The van der Waals surface area contributed by atoms with Gasteiger partial charge in [-0.2, -0.15) is 0 Å². The van der Waals surface area contributed by atoms with Crippen molar-refractivity contribution in [1.29, 1.82) is 0 Å². The highest BCUT2D eigenvalue weighted by Gasteiger charge is 2.13. The van der Waals surface area contributed by atoms with E-state index in [9.17, 15) is 9.90 Å². The second-order valence-electron chi connectivity index (χ2n) is 5.71. The summed E-state index contributed by atoms with van der Waals surface area (Å²) >= 11 is 0. The number of aliphatic hydroxyl groups excluding tert-OH is 1. The molecule has 0 aliphatic heterocycles. The Hall–Kier alpha value is -2.79. The van der Waals surface area contributed by atoms with Gasteiger partial charge in [0.1, 0.15) is 5.76 Å². The number of urea groups is 1. The van der Waals surface area contributed by atoms with Crippen molar-refractivity contribution < 1.29 is 14.3 Å². The lowest BCUT2D eigenvalue weighted by Gasteiger charge is -2.16. The Morgan fingerprint density at radius 1 is 1.12 bits per heavy atom. The van der Waals surface area contributed by atoms with E-state index in [1.165, 1.54) is 0 Å². The molecule has 124 valence electrons. The van der Waals surface area contributed by atoms with Gasteiger partial charge in [-0.25, -0.2) is 4.79 Å². The topological polar surface area (TPSA) is 74.5 Å². The van der Waals surface area contributed by atoms with Gasteiger partial charge in [-0.1, -0.05) is 36.4 Å². The van der Waals surface area contributed by atoms with E-state index < -0.39 is 6.10 Å². The molecule has 0 spiro atoms. The van der Waals surface area contributed by atoms with Crippen LogP contribution in [0, 0.1) is 0 Å². The molecule has 3 N–H and O–H groups in total. The Kier molecular flexibility index (Phi) is 4.82. The van der Waals surface area contributed by atoms with Crippen LogP contribution in [0.15, 0.2) is 65.3 Å². The zero-order valence-corrected chi connectivity index (χ0v) is 13.4. The zero-order chi connectivity index (χ0) is 16.9. The van der Waals surface area contributed by atoms with Crippen molar-refractivity contribution in [2.45, 2.75) is 19.1 Å². The molecule has 5 nitrogen and oxygen atoms in total. The largest absolute Gasteiger partial charge is 0.467 e. The van der Waals surface area contributed by atoms with Gasteiger partial charge in [0.2, 0.25) is 0 Å². The highest BCUT2D eigenvalue weighted by Crippen LogP contribution is 2.20. The molecule has 0 aliphatic carbocycles. The smallest absolute Gasteiger partial charge is 0.315 e. The molecule has 3 aromatic rings. The van der Waals surface area contributed by atoms with E-state index >= 15 is 0 Å². The quantitative estimate of drug-likeness (QED) is 0.672. The number of benzene rings is 2. The lowest BCUT2D eigenvalue weighted by molar-refractivity contribution is 0.172. The first-order valence-corrected chi connectivity index (χ1v) is 7.88. The van der Waals surface area contributed by atoms with Crippen LogP contribution in [0.5, 0.6) is 0 Å². The van der Waals surface area contributed by atoms with Gasteiger partial charge in [0, 0.05) is 6.54 Å². The lowest BCUT2D eigenvalue weighted by Crippen LogP contribution is -2.39. The van der Waals surface area contributed by atoms with Crippen LogP contribution in [0.2, 0.25) is 0 Å². The molecular formula is C19H20N2O3. The number of fused-ring (bicyclic) bond motifs is 1. The standard InChI is InChI=1S/C19H20N2O3/c1-13(18-7-4-10-24-18)21-19(23)20-12-17(22)16-9-8-14-5-2-3-6-15(14)11-16/h2-11,13,17,22H,12H2,1H3,(H2,20,21,23). The molecule has 0 radical (unpaired) electrons. The van der Waals surface area contributed by atoms with E-state index in [0.717, 1.165) is 16.3 Å². The summed E-state index contributed by atoms with van der Waals surface area (Å²) in [6.45, 7) is 1.97. The molecule has 1 heterocycles. The van der Waals surface area contributed by atoms with Crippen molar-refractivity contribution in [3.63, 3.8) is 0 Å². The molecule has 2 aromatic carbocycles. The van der Waals surface area contributed by atoms with Crippen molar-refractivity contribution in [1.82, 2.24) is 10.6 Å². The third-order valence-electron chi connectivity index (χ3n) is 3.93. The van der Waals surface area contributed by atoms with Gasteiger partial charge in [0.05, 0.1) is 18.4 Å². The first-order chi connectivity index (χ1) is 11.6. The third-order valence-corrected chi connectivity index (χ3v) is 3.93. The van der Waals surface area contributed by atoms with Crippen molar-refractivity contribution in [3.8, 4) is 0 Å². The number of carbonyl (C=O) groups excluding carboxylic acids is 1. The van der Waals surface area contributed by atoms with E-state index in [4.69, 9.17) is 4.42 Å². The minimum atomic E-state index is -0.765. The molecule has 2 amide bonds. The number of aliphatic hydroxyl groups is 1. The van der Waals surface area contributed by atoms with Crippen molar-refractivity contribution in [2.75, 3.05) is 6.54 Å². The molecule has 2 atom stereocenters. The van der Waals surface area contributed by atoms with Crippen molar-refractivity contribution in [2.24, 2.45) is 0 Å². The number of nitrogens with one attached hydrogen (secondary N) is 2. The number of amides is 2. The second kappa shape index (κ2) is 7.19. The molecule has 0 fully saturated rings. The Labute approximate surface area is 140 Å². The fourth-order valence-electron chi connectivity index (χ4n) is 2.58. The van der Waals surface area contributed by atoms with Crippen molar-refractivity contribution in [3.05, 3.63) is 72.2 Å². The van der Waals surface area contributed by atoms with Gasteiger partial charge < -0.3 is 20.2 Å². The monoisotopic (exact) mass is 324 g/mol. The number of furan rings is 1. The summed E-state index contributed by atoms with van der Waals surface area (Å²) in [4.78, 5) is 11.9. The number of carbonyl (C=O) groups is 1. The van der Waals surface area contributed by atoms with Gasteiger partial charge in [-0.05, 0) is 41.5 Å². The van der Waals surface area contributed by atoms with E-state index in [1.807, 2.05) is 49.4 Å². The van der Waals surface area contributed by atoms with Crippen LogP contribution in [-0.4, -0.2) is 17.7 Å². The normalized spacial score (nSPS) is 13.4. The fraction of sp³-hybridized carbons (Fsp3) is 0.211. The maximum atomic E-state index is 11.9. The molecule has 0 saturated carbocycles. The van der Waals surface area contributed by atoms with Crippen LogP contribution in [0.3, 0.4) is 0 Å². The van der Waals surface area contributed by atoms with Gasteiger partial charge in [-0.15, -0.1) is 0 Å². The lowest BCUT2D eigenvalue weighted by atomic mass is 10.0. The van der Waals surface area contributed by atoms with Gasteiger partial charge in [0.25, 0.3) is 0 Å². The predicted molar refractivity (Wildman–Crippen MR) is 92.6 cm³/mol. The maximum Gasteiger partial charge on any atom is 0.315 e. The molecule has 0 saturated heterocycles. The third kappa shape index (κ3) is 3.75. The number of hydrogen-bond donors (Lipinski definition) is 3. The number of rotatable bonds is 5. The summed E-state index contributed by atoms with van der Waals surface area (Å²) in [5, 5.41) is 17.9. The molecule has 5 heteroatoms. The molecule has 1 aromatic heterocycles. The Bertz CT molecular complexity index is 814. The Morgan fingerprint density at radius 3 is 2.67 bits per heavy atom. The van der Waals surface area contributed by atoms with Crippen molar-refractivity contribution >= 4 is 16.8 Å². The first kappa shape index (κ1) is 16.1. The average Bonchev–Trinajstić information content (AvgIpc) is 3.14. The van der Waals surface area contributed by atoms with E-state index in [-0.39, 0.29) is 18.6 Å². The van der Waals surface area contributed by atoms with Gasteiger partial charge in [0.15, 0.2) is 0 Å². The molecule has 0 bridgehead atoms. The van der Waals surface area contributed by atoms with Crippen LogP contribution in [0.1, 0.15) is 30.4 Å². The summed E-state index contributed by atoms with van der Waals surface area (Å²) in [6.07, 6.45) is 0.800. The summed E-state index contributed by atoms with van der Waals surface area (Å²) in [7, 11) is 0. The van der Waals surface area contributed by atoms with Gasteiger partial charge in [-0.3, -0.25) is 0 Å². The SMILES string of the molecule is CC(NC(=O)NCC(O)c1ccc2ccccc2c1)c1ccco1. The first-order valence-electron chi connectivity index (χ1n) is 7.88. The van der Waals surface area contributed by atoms with Crippen LogP contribution in [-0.2, 0) is 0 Å². The van der Waals surface area contributed by atoms with Gasteiger partial charge >= 0.3 is 6.03 Å². The van der Waals surface area contributed by atoms with E-state index in [2.05, 4.69) is 10.6 Å². The average molecular weight is 324 g/mol. The highest BCUT2D eigenvalue weighted by atomic mass is 16.3. The van der Waals surface area contributed by atoms with Crippen LogP contribution in [0.4, 0.5) is 4.79 Å². The zero-order valence-electron chi connectivity index (χ0n) is 13.4. The minimum Gasteiger partial charge on any atom is -0.467 e. The van der Waals surface area contributed by atoms with Crippen LogP contribution in [0.25, 0.3) is 10.8 Å². The predicted octanol–water partition coefficient (Wildman–Crippen LogP) is 3.53. The Morgan fingerprint density at radius 2 is 1.92 bits per heavy atom. The molecular weight excluding hydrogens is 304 g/mol. The molecule has 2 unspecified atom stereocenters. The molecule has 0 aliphatic rings. The summed E-state index contributed by atoms with van der Waals surface area (Å²) in [6, 6.07) is 16.7. The maximum absolute atomic E-state index is 11.9. The van der Waals surface area contributed by atoms with E-state index in [0.29, 0.717) is 5.76 Å². The second-order valence-corrected chi connectivity index (χ2v) is 5.71. The minimum absolute atomic E-state index is 0.134. The summed E-state index contributed by atoms with van der Waals surface area (Å²) < 4.78 is 5.24. The van der Waals surface area contributed by atoms with Crippen LogP contribution < -0.4 is 10.6 Å². The molecule has 3 rings (SSSR count). The van der Waals surface area contributed by atoms with E-state index in [1.54, 1.807) is 18.4 Å². The highest BCUT2D eigenvalue weighted by molar-refractivity contribution is 5.83. The molecule has 24 heavy (non-hydrogen) atoms. The summed E-state index contributed by atoms with van der Waals surface area (Å²) in [5.41, 5.74) is 0.771. The van der Waals surface area contributed by atoms with Crippen LogP contribution >= 0.6 is 0 Å². The fourth-order valence-corrected chi connectivity index (χ4v) is 2.58. The number of hydrogen-bond acceptors (Lipinski definition) is 3. The summed E-state index contributed by atoms with van der Waals surface area (Å²) in [5.74, 6) is 0.681.